The average molecular weight is 290 g/mol. The van der Waals surface area contributed by atoms with Crippen molar-refractivity contribution in [3.8, 4) is 0 Å². The minimum Gasteiger partial charge on any atom is -0.336 e. The molecule has 0 radical (unpaired) electrons. The zero-order valence-electron chi connectivity index (χ0n) is 12.0. The molecule has 3 rings (SSSR count). The van der Waals surface area contributed by atoms with Crippen molar-refractivity contribution in [2.75, 3.05) is 13.1 Å². The van der Waals surface area contributed by atoms with Crippen LogP contribution in [0.4, 0.5) is 0 Å². The minimum absolute atomic E-state index is 0.0774. The fourth-order valence-corrected chi connectivity index (χ4v) is 3.36. The maximum atomic E-state index is 12.3. The fraction of sp³-hybridized carbons (Fsp3) is 0.500. The van der Waals surface area contributed by atoms with Crippen molar-refractivity contribution in [3.63, 3.8) is 0 Å². The van der Waals surface area contributed by atoms with E-state index in [1.54, 1.807) is 0 Å². The van der Waals surface area contributed by atoms with Gasteiger partial charge in [0.15, 0.2) is 5.01 Å². The van der Waals surface area contributed by atoms with Crippen LogP contribution in [0.1, 0.15) is 25.9 Å². The summed E-state index contributed by atoms with van der Waals surface area (Å²) in [4.78, 5) is 19.6. The molecule has 0 aromatic carbocycles. The summed E-state index contributed by atoms with van der Waals surface area (Å²) in [5.74, 6) is 0.624. The number of carbonyl (C=O) groups is 1. The molecule has 1 fully saturated rings. The van der Waals surface area contributed by atoms with E-state index >= 15 is 0 Å². The molecule has 0 saturated carbocycles. The lowest BCUT2D eigenvalue weighted by Crippen LogP contribution is -2.50. The normalized spacial score (nSPS) is 15.4. The smallest absolute Gasteiger partial charge is 0.282 e. The number of hydrogen-bond acceptors (Lipinski definition) is 4. The Morgan fingerprint density at radius 2 is 2.20 bits per heavy atom. The number of amides is 1. The van der Waals surface area contributed by atoms with Gasteiger partial charge in [0.1, 0.15) is 0 Å². The molecule has 0 aliphatic carbocycles. The average Bonchev–Trinajstić information content (AvgIpc) is 2.90. The van der Waals surface area contributed by atoms with Crippen LogP contribution in [0.5, 0.6) is 0 Å². The van der Waals surface area contributed by atoms with Gasteiger partial charge in [0, 0.05) is 31.2 Å². The van der Waals surface area contributed by atoms with Gasteiger partial charge in [-0.3, -0.25) is 9.48 Å². The van der Waals surface area contributed by atoms with Crippen molar-refractivity contribution in [3.05, 3.63) is 33.5 Å². The quantitative estimate of drug-likeness (QED) is 0.866. The van der Waals surface area contributed by atoms with Gasteiger partial charge < -0.3 is 4.90 Å². The van der Waals surface area contributed by atoms with Crippen LogP contribution in [0, 0.1) is 19.8 Å². The van der Waals surface area contributed by atoms with Gasteiger partial charge in [-0.15, -0.1) is 11.3 Å². The second-order valence-corrected chi connectivity index (χ2v) is 6.67. The summed E-state index contributed by atoms with van der Waals surface area (Å²) in [5, 5.41) is 4.79. The van der Waals surface area contributed by atoms with E-state index < -0.39 is 0 Å². The Bertz CT molecular complexity index is 620. The second-order valence-electron chi connectivity index (χ2n) is 5.46. The Labute approximate surface area is 122 Å². The highest BCUT2D eigenvalue weighted by atomic mass is 32.1. The highest BCUT2D eigenvalue weighted by Crippen LogP contribution is 2.25. The third-order valence-electron chi connectivity index (χ3n) is 3.74. The molecule has 0 atom stereocenters. The lowest BCUT2D eigenvalue weighted by atomic mass is 9.93. The van der Waals surface area contributed by atoms with Gasteiger partial charge in [-0.1, -0.05) is 0 Å². The SMILES string of the molecule is Cc1nc(C(=O)N2CC(Cc3cnn(C)c3)C2)sc1C. The molecular weight excluding hydrogens is 272 g/mol. The van der Waals surface area contributed by atoms with Crippen LogP contribution in [0.3, 0.4) is 0 Å². The Morgan fingerprint density at radius 3 is 2.75 bits per heavy atom. The Morgan fingerprint density at radius 1 is 1.45 bits per heavy atom. The highest BCUT2D eigenvalue weighted by molar-refractivity contribution is 7.13. The molecule has 1 aliphatic heterocycles. The van der Waals surface area contributed by atoms with Crippen molar-refractivity contribution >= 4 is 17.2 Å². The third-order valence-corrected chi connectivity index (χ3v) is 4.80. The number of nitrogens with zero attached hydrogens (tertiary/aromatic N) is 4. The van der Waals surface area contributed by atoms with E-state index in [0.717, 1.165) is 30.1 Å². The Hall–Kier alpha value is -1.69. The van der Waals surface area contributed by atoms with Crippen molar-refractivity contribution in [2.24, 2.45) is 13.0 Å². The topological polar surface area (TPSA) is 51.0 Å². The van der Waals surface area contributed by atoms with E-state index in [1.165, 1.54) is 16.9 Å². The number of rotatable bonds is 3. The van der Waals surface area contributed by atoms with Crippen molar-refractivity contribution in [2.45, 2.75) is 20.3 Å². The summed E-state index contributed by atoms with van der Waals surface area (Å²) >= 11 is 1.49. The van der Waals surface area contributed by atoms with Gasteiger partial charge in [-0.2, -0.15) is 5.10 Å². The molecule has 106 valence electrons. The predicted octanol–water partition coefficient (Wildman–Crippen LogP) is 1.81. The van der Waals surface area contributed by atoms with Crippen LogP contribution in [-0.2, 0) is 13.5 Å². The molecule has 0 bridgehead atoms. The number of carbonyl (C=O) groups excluding carboxylic acids is 1. The van der Waals surface area contributed by atoms with E-state index in [1.807, 2.05) is 42.9 Å². The van der Waals surface area contributed by atoms with Gasteiger partial charge in [0.2, 0.25) is 0 Å². The highest BCUT2D eigenvalue weighted by Gasteiger charge is 2.32. The molecular formula is C14H18N4OS. The van der Waals surface area contributed by atoms with E-state index in [-0.39, 0.29) is 5.91 Å². The van der Waals surface area contributed by atoms with Gasteiger partial charge >= 0.3 is 0 Å². The Balaban J connectivity index is 1.56. The van der Waals surface area contributed by atoms with E-state index in [4.69, 9.17) is 0 Å². The number of hydrogen-bond donors (Lipinski definition) is 0. The lowest BCUT2D eigenvalue weighted by Gasteiger charge is -2.38. The van der Waals surface area contributed by atoms with Crippen LogP contribution in [0.25, 0.3) is 0 Å². The first-order valence-corrected chi connectivity index (χ1v) is 7.55. The monoisotopic (exact) mass is 290 g/mol. The summed E-state index contributed by atoms with van der Waals surface area (Å²) in [7, 11) is 1.92. The van der Waals surface area contributed by atoms with Gasteiger partial charge in [-0.05, 0) is 31.7 Å². The maximum Gasteiger partial charge on any atom is 0.282 e. The molecule has 6 heteroatoms. The summed E-state index contributed by atoms with van der Waals surface area (Å²) in [5.41, 5.74) is 2.20. The number of thiazole rings is 1. The van der Waals surface area contributed by atoms with Crippen molar-refractivity contribution in [1.29, 1.82) is 0 Å². The predicted molar refractivity (Wildman–Crippen MR) is 77.9 cm³/mol. The molecule has 1 aliphatic rings. The van der Waals surface area contributed by atoms with Crippen molar-refractivity contribution in [1.82, 2.24) is 19.7 Å². The summed E-state index contributed by atoms with van der Waals surface area (Å²) in [6.07, 6.45) is 4.93. The molecule has 0 unspecified atom stereocenters. The Kier molecular flexibility index (Phi) is 3.33. The molecule has 3 heterocycles. The van der Waals surface area contributed by atoms with Crippen LogP contribution < -0.4 is 0 Å². The van der Waals surface area contributed by atoms with E-state index in [9.17, 15) is 4.79 Å². The van der Waals surface area contributed by atoms with Crippen LogP contribution in [0.15, 0.2) is 12.4 Å². The molecule has 1 amide bonds. The van der Waals surface area contributed by atoms with Gasteiger partial charge in [0.05, 0.1) is 11.9 Å². The van der Waals surface area contributed by atoms with Crippen LogP contribution in [0.2, 0.25) is 0 Å². The zero-order chi connectivity index (χ0) is 14.3. The number of aryl methyl sites for hydroxylation is 3. The van der Waals surface area contributed by atoms with Gasteiger partial charge in [-0.25, -0.2) is 4.98 Å². The van der Waals surface area contributed by atoms with Crippen LogP contribution in [-0.4, -0.2) is 38.7 Å². The maximum absolute atomic E-state index is 12.3. The standard InChI is InChI=1S/C14H18N4OS/c1-9-10(2)20-13(16-9)14(19)18-7-12(8-18)4-11-5-15-17(3)6-11/h5-6,12H,4,7-8H2,1-3H3. The summed E-state index contributed by atoms with van der Waals surface area (Å²) in [6, 6.07) is 0. The molecule has 0 N–H and O–H groups in total. The van der Waals surface area contributed by atoms with Crippen LogP contribution >= 0.6 is 11.3 Å². The molecule has 20 heavy (non-hydrogen) atoms. The zero-order valence-corrected chi connectivity index (χ0v) is 12.8. The third kappa shape index (κ3) is 2.47. The molecule has 0 spiro atoms. The molecule has 1 saturated heterocycles. The van der Waals surface area contributed by atoms with Crippen molar-refractivity contribution < 1.29 is 4.79 Å². The minimum atomic E-state index is 0.0774. The van der Waals surface area contributed by atoms with E-state index in [0.29, 0.717) is 10.9 Å². The first-order chi connectivity index (χ1) is 9.52. The first-order valence-electron chi connectivity index (χ1n) is 6.73. The summed E-state index contributed by atoms with van der Waals surface area (Å²) < 4.78 is 1.82. The second kappa shape index (κ2) is 5.01. The fourth-order valence-electron chi connectivity index (χ4n) is 2.47. The number of aromatic nitrogens is 3. The lowest BCUT2D eigenvalue weighted by molar-refractivity contribution is 0.0500. The summed E-state index contributed by atoms with van der Waals surface area (Å²) in [6.45, 7) is 5.60. The number of likely N-dealkylation sites (tertiary alicyclic amines) is 1. The molecule has 5 nitrogen and oxygen atoms in total. The first kappa shape index (κ1) is 13.3. The molecule has 2 aromatic heterocycles. The largest absolute Gasteiger partial charge is 0.336 e. The molecule has 2 aromatic rings. The van der Waals surface area contributed by atoms with E-state index in [2.05, 4.69) is 10.1 Å². The van der Waals surface area contributed by atoms with Gasteiger partial charge in [0.25, 0.3) is 5.91 Å².